The van der Waals surface area contributed by atoms with Crippen LogP contribution in [-0.4, -0.2) is 28.9 Å². The van der Waals surface area contributed by atoms with Crippen LogP contribution in [0.25, 0.3) is 0 Å². The van der Waals surface area contributed by atoms with Crippen LogP contribution in [0.2, 0.25) is 0 Å². The Balaban J connectivity index is 2.19. The minimum absolute atomic E-state index is 0.165. The maximum absolute atomic E-state index is 13.5. The number of thioether (sulfide) groups is 1. The molecule has 1 aliphatic heterocycles. The highest BCUT2D eigenvalue weighted by molar-refractivity contribution is 7.99. The molecular weight excluding hydrogens is 299 g/mol. The zero-order valence-corrected chi connectivity index (χ0v) is 11.9. The molecule has 1 aromatic rings. The van der Waals surface area contributed by atoms with Gasteiger partial charge in [-0.2, -0.15) is 11.8 Å². The summed E-state index contributed by atoms with van der Waals surface area (Å²) in [6.45, 7) is 0.450. The minimum atomic E-state index is -0.882. The highest BCUT2D eigenvalue weighted by Gasteiger charge is 2.24. The molecule has 0 aromatic heterocycles. The van der Waals surface area contributed by atoms with Gasteiger partial charge in [0.25, 0.3) is 11.6 Å². The SMILES string of the molecule is NNc1cc(C(=O)NCC2CCSC2)c([N+](=O)[O-])cc1F. The molecule has 114 valence electrons. The Morgan fingerprint density at radius 2 is 2.33 bits per heavy atom. The average Bonchev–Trinajstić information content (AvgIpc) is 2.97. The number of nitrogens with two attached hydrogens (primary N) is 1. The van der Waals surface area contributed by atoms with Gasteiger partial charge in [0.15, 0.2) is 5.82 Å². The summed E-state index contributed by atoms with van der Waals surface area (Å²) in [7, 11) is 0. The fraction of sp³-hybridized carbons (Fsp3) is 0.417. The van der Waals surface area contributed by atoms with E-state index < -0.39 is 22.3 Å². The number of benzene rings is 1. The molecule has 1 heterocycles. The summed E-state index contributed by atoms with van der Waals surface area (Å²) < 4.78 is 13.5. The zero-order chi connectivity index (χ0) is 15.4. The van der Waals surface area contributed by atoms with Crippen LogP contribution >= 0.6 is 11.8 Å². The number of rotatable bonds is 5. The lowest BCUT2D eigenvalue weighted by atomic mass is 10.1. The third kappa shape index (κ3) is 3.61. The first-order valence-corrected chi connectivity index (χ1v) is 7.49. The molecule has 1 aliphatic rings. The van der Waals surface area contributed by atoms with Crippen LogP contribution in [-0.2, 0) is 0 Å². The van der Waals surface area contributed by atoms with E-state index in [2.05, 4.69) is 10.7 Å². The molecule has 0 bridgehead atoms. The molecule has 1 unspecified atom stereocenters. The lowest BCUT2D eigenvalue weighted by Crippen LogP contribution is -2.30. The molecule has 1 atom stereocenters. The van der Waals surface area contributed by atoms with Crippen LogP contribution < -0.4 is 16.6 Å². The van der Waals surface area contributed by atoms with E-state index in [1.54, 1.807) is 0 Å². The van der Waals surface area contributed by atoms with Crippen molar-refractivity contribution in [3.05, 3.63) is 33.6 Å². The van der Waals surface area contributed by atoms with E-state index >= 15 is 0 Å². The quantitative estimate of drug-likeness (QED) is 0.431. The van der Waals surface area contributed by atoms with Gasteiger partial charge in [0.05, 0.1) is 16.7 Å². The number of anilines is 1. The normalized spacial score (nSPS) is 17.5. The average molecular weight is 314 g/mol. The summed E-state index contributed by atoms with van der Waals surface area (Å²) >= 11 is 1.81. The van der Waals surface area contributed by atoms with Crippen LogP contribution in [0, 0.1) is 21.8 Å². The second kappa shape index (κ2) is 6.72. The van der Waals surface area contributed by atoms with Crippen LogP contribution in [0.5, 0.6) is 0 Å². The van der Waals surface area contributed by atoms with Crippen molar-refractivity contribution in [3.8, 4) is 0 Å². The van der Waals surface area contributed by atoms with Gasteiger partial charge in [0.2, 0.25) is 0 Å². The largest absolute Gasteiger partial charge is 0.352 e. The monoisotopic (exact) mass is 314 g/mol. The number of hydrogen-bond acceptors (Lipinski definition) is 6. The number of halogens is 1. The van der Waals surface area contributed by atoms with E-state index in [0.717, 1.165) is 24.0 Å². The molecule has 0 radical (unpaired) electrons. The molecule has 21 heavy (non-hydrogen) atoms. The van der Waals surface area contributed by atoms with Crippen molar-refractivity contribution in [1.82, 2.24) is 5.32 Å². The summed E-state index contributed by atoms with van der Waals surface area (Å²) in [6.07, 6.45) is 1.01. The van der Waals surface area contributed by atoms with Gasteiger partial charge in [-0.05, 0) is 29.9 Å². The Morgan fingerprint density at radius 1 is 1.57 bits per heavy atom. The topological polar surface area (TPSA) is 110 Å². The Morgan fingerprint density at radius 3 is 2.90 bits per heavy atom. The molecule has 1 aromatic carbocycles. The Bertz CT molecular complexity index is 564. The third-order valence-electron chi connectivity index (χ3n) is 3.26. The number of nitrogens with zero attached hydrogens (tertiary/aromatic N) is 1. The van der Waals surface area contributed by atoms with Crippen molar-refractivity contribution >= 4 is 29.0 Å². The van der Waals surface area contributed by atoms with Crippen LogP contribution in [0.1, 0.15) is 16.8 Å². The van der Waals surface area contributed by atoms with Gasteiger partial charge in [-0.3, -0.25) is 20.8 Å². The van der Waals surface area contributed by atoms with Crippen molar-refractivity contribution in [2.45, 2.75) is 6.42 Å². The number of nitrogen functional groups attached to an aromatic ring is 1. The highest BCUT2D eigenvalue weighted by Crippen LogP contribution is 2.26. The van der Waals surface area contributed by atoms with E-state index in [1.807, 2.05) is 11.8 Å². The fourth-order valence-corrected chi connectivity index (χ4v) is 3.37. The molecule has 9 heteroatoms. The number of hydrazine groups is 1. The van der Waals surface area contributed by atoms with Crippen molar-refractivity contribution in [2.75, 3.05) is 23.5 Å². The lowest BCUT2D eigenvalue weighted by molar-refractivity contribution is -0.385. The molecular formula is C12H15FN4O3S. The van der Waals surface area contributed by atoms with Gasteiger partial charge in [-0.15, -0.1) is 0 Å². The summed E-state index contributed by atoms with van der Waals surface area (Å²) in [5.74, 6) is 6.02. The highest BCUT2D eigenvalue weighted by atomic mass is 32.2. The summed E-state index contributed by atoms with van der Waals surface area (Å²) in [5.41, 5.74) is 1.12. The molecule has 0 spiro atoms. The second-order valence-electron chi connectivity index (χ2n) is 4.69. The van der Waals surface area contributed by atoms with E-state index in [0.29, 0.717) is 18.5 Å². The molecule has 4 N–H and O–H groups in total. The second-order valence-corrected chi connectivity index (χ2v) is 5.84. The van der Waals surface area contributed by atoms with Gasteiger partial charge in [0, 0.05) is 6.54 Å². The summed E-state index contributed by atoms with van der Waals surface area (Å²) in [4.78, 5) is 22.2. The molecule has 7 nitrogen and oxygen atoms in total. The first-order valence-electron chi connectivity index (χ1n) is 6.33. The molecule has 0 saturated carbocycles. The maximum Gasteiger partial charge on any atom is 0.285 e. The predicted octanol–water partition coefficient (Wildman–Crippen LogP) is 1.50. The maximum atomic E-state index is 13.5. The zero-order valence-electron chi connectivity index (χ0n) is 11.1. The van der Waals surface area contributed by atoms with Crippen LogP contribution in [0.4, 0.5) is 15.8 Å². The van der Waals surface area contributed by atoms with Crippen molar-refractivity contribution in [1.29, 1.82) is 0 Å². The number of hydrogen-bond donors (Lipinski definition) is 3. The van der Waals surface area contributed by atoms with E-state index in [4.69, 9.17) is 5.84 Å². The van der Waals surface area contributed by atoms with Gasteiger partial charge in [-0.1, -0.05) is 0 Å². The number of carbonyl (C=O) groups excluding carboxylic acids is 1. The first kappa shape index (κ1) is 15.5. The lowest BCUT2D eigenvalue weighted by Gasteiger charge is -2.11. The van der Waals surface area contributed by atoms with Crippen LogP contribution in [0.15, 0.2) is 12.1 Å². The molecule has 1 fully saturated rings. The Labute approximate surface area is 124 Å². The minimum Gasteiger partial charge on any atom is -0.352 e. The van der Waals surface area contributed by atoms with Gasteiger partial charge in [0.1, 0.15) is 5.56 Å². The summed E-state index contributed by atoms with van der Waals surface area (Å²) in [6, 6.07) is 1.74. The molecule has 1 saturated heterocycles. The standard InChI is InChI=1S/C12H15FN4O3S/c13-9-4-11(17(19)20)8(3-10(9)16-14)12(18)15-5-7-1-2-21-6-7/h3-4,7,16H,1-2,5-6,14H2,(H,15,18). The van der Waals surface area contributed by atoms with Gasteiger partial charge >= 0.3 is 0 Å². The predicted molar refractivity (Wildman–Crippen MR) is 78.6 cm³/mol. The smallest absolute Gasteiger partial charge is 0.285 e. The Kier molecular flexibility index (Phi) is 4.97. The van der Waals surface area contributed by atoms with Crippen molar-refractivity contribution in [2.24, 2.45) is 11.8 Å². The number of nitrogens with one attached hydrogen (secondary N) is 2. The van der Waals surface area contributed by atoms with Gasteiger partial charge < -0.3 is 10.7 Å². The molecule has 0 aliphatic carbocycles. The first-order chi connectivity index (χ1) is 10.0. The van der Waals surface area contributed by atoms with E-state index in [1.165, 1.54) is 0 Å². The van der Waals surface area contributed by atoms with Crippen molar-refractivity contribution < 1.29 is 14.1 Å². The van der Waals surface area contributed by atoms with Crippen LogP contribution in [0.3, 0.4) is 0 Å². The van der Waals surface area contributed by atoms with E-state index in [-0.39, 0.29) is 11.3 Å². The number of carbonyl (C=O) groups is 1. The number of amides is 1. The van der Waals surface area contributed by atoms with Crippen molar-refractivity contribution in [3.63, 3.8) is 0 Å². The fourth-order valence-electron chi connectivity index (χ4n) is 2.08. The molecule has 2 rings (SSSR count). The van der Waals surface area contributed by atoms with Gasteiger partial charge in [-0.25, -0.2) is 4.39 Å². The Hall–Kier alpha value is -1.87. The number of nitro benzene ring substituents is 1. The number of nitro groups is 1. The third-order valence-corrected chi connectivity index (χ3v) is 4.49. The summed E-state index contributed by atoms with van der Waals surface area (Å²) in [5, 5.41) is 13.6. The molecule has 1 amide bonds. The van der Waals surface area contributed by atoms with E-state index in [9.17, 15) is 19.3 Å².